The van der Waals surface area contributed by atoms with E-state index in [0.717, 1.165) is 0 Å². The van der Waals surface area contributed by atoms with Gasteiger partial charge in [0.1, 0.15) is 16.5 Å². The lowest BCUT2D eigenvalue weighted by Gasteiger charge is -2.16. The molecule has 130 valence electrons. The average molecular weight is 354 g/mol. The molecular weight excluding hydrogens is 335 g/mol. The van der Waals surface area contributed by atoms with Crippen LogP contribution in [0.5, 0.6) is 0 Å². The van der Waals surface area contributed by atoms with Gasteiger partial charge in [-0.1, -0.05) is 6.07 Å². The van der Waals surface area contributed by atoms with Crippen LogP contribution in [-0.2, 0) is 30.0 Å². The second-order valence-electron chi connectivity index (χ2n) is 6.05. The predicted molar refractivity (Wildman–Crippen MR) is 85.7 cm³/mol. The SMILES string of the molecule is Cc1ccc(S(=O)(=O)NC2CCc3nn(C)c(=O)n3CC2)c(F)c1. The van der Waals surface area contributed by atoms with Crippen LogP contribution < -0.4 is 10.4 Å². The van der Waals surface area contributed by atoms with Gasteiger partial charge in [0.15, 0.2) is 0 Å². The fourth-order valence-corrected chi connectivity index (χ4v) is 4.29. The summed E-state index contributed by atoms with van der Waals surface area (Å²) >= 11 is 0. The number of hydrogen-bond donors (Lipinski definition) is 1. The van der Waals surface area contributed by atoms with Crippen LogP contribution in [0.25, 0.3) is 0 Å². The second-order valence-corrected chi connectivity index (χ2v) is 7.74. The lowest BCUT2D eigenvalue weighted by molar-refractivity contribution is 0.486. The zero-order chi connectivity index (χ0) is 17.5. The van der Waals surface area contributed by atoms with Gasteiger partial charge >= 0.3 is 5.69 Å². The molecule has 0 spiro atoms. The van der Waals surface area contributed by atoms with Gasteiger partial charge in [-0.05, 0) is 37.5 Å². The molecule has 0 bridgehead atoms. The molecule has 1 aromatic carbocycles. The molecule has 2 heterocycles. The second kappa shape index (κ2) is 6.14. The first-order valence-corrected chi connectivity index (χ1v) is 9.17. The predicted octanol–water partition coefficient (Wildman–Crippen LogP) is 0.713. The topological polar surface area (TPSA) is 86.0 Å². The molecular formula is C15H19FN4O3S. The van der Waals surface area contributed by atoms with Gasteiger partial charge in [0, 0.05) is 26.1 Å². The van der Waals surface area contributed by atoms with Crippen molar-refractivity contribution >= 4 is 10.0 Å². The van der Waals surface area contributed by atoms with E-state index in [0.29, 0.717) is 37.2 Å². The zero-order valence-corrected chi connectivity index (χ0v) is 14.3. The first-order valence-electron chi connectivity index (χ1n) is 7.69. The number of aryl methyl sites for hydroxylation is 3. The van der Waals surface area contributed by atoms with Crippen molar-refractivity contribution in [3.05, 3.63) is 45.9 Å². The van der Waals surface area contributed by atoms with Crippen molar-refractivity contribution < 1.29 is 12.8 Å². The van der Waals surface area contributed by atoms with Crippen LogP contribution in [0.2, 0.25) is 0 Å². The highest BCUT2D eigenvalue weighted by Gasteiger charge is 2.26. The molecule has 0 radical (unpaired) electrons. The molecule has 1 atom stereocenters. The number of benzene rings is 1. The normalized spacial score (nSPS) is 18.2. The largest absolute Gasteiger partial charge is 0.345 e. The van der Waals surface area contributed by atoms with E-state index >= 15 is 0 Å². The molecule has 24 heavy (non-hydrogen) atoms. The molecule has 0 fully saturated rings. The number of hydrogen-bond acceptors (Lipinski definition) is 4. The van der Waals surface area contributed by atoms with E-state index in [1.54, 1.807) is 24.6 Å². The molecule has 3 rings (SSSR count). The number of aromatic nitrogens is 3. The molecule has 1 aromatic heterocycles. The number of nitrogens with zero attached hydrogens (tertiary/aromatic N) is 3. The van der Waals surface area contributed by atoms with Crippen molar-refractivity contribution in [2.24, 2.45) is 7.05 Å². The number of fused-ring (bicyclic) bond motifs is 1. The van der Waals surface area contributed by atoms with Gasteiger partial charge in [0.2, 0.25) is 10.0 Å². The van der Waals surface area contributed by atoms with Crippen LogP contribution in [0.3, 0.4) is 0 Å². The standard InChI is InChI=1S/C15H19FN4O3S/c1-10-3-5-13(12(16)9-10)24(22,23)18-11-4-6-14-17-19(2)15(21)20(14)8-7-11/h3,5,9,11,18H,4,6-8H2,1-2H3. The first kappa shape index (κ1) is 16.8. The quantitative estimate of drug-likeness (QED) is 0.880. The lowest BCUT2D eigenvalue weighted by atomic mass is 10.1. The monoisotopic (exact) mass is 354 g/mol. The van der Waals surface area contributed by atoms with Crippen molar-refractivity contribution in [3.63, 3.8) is 0 Å². The summed E-state index contributed by atoms with van der Waals surface area (Å²) in [5, 5.41) is 4.15. The maximum atomic E-state index is 14.0. The highest BCUT2D eigenvalue weighted by atomic mass is 32.2. The molecule has 0 amide bonds. The van der Waals surface area contributed by atoms with Crippen LogP contribution >= 0.6 is 0 Å². The Kier molecular flexibility index (Phi) is 4.31. The van der Waals surface area contributed by atoms with Gasteiger partial charge in [-0.15, -0.1) is 0 Å². The minimum atomic E-state index is -3.95. The molecule has 0 saturated carbocycles. The summed E-state index contributed by atoms with van der Waals surface area (Å²) in [6.45, 7) is 2.08. The van der Waals surface area contributed by atoms with Crippen LogP contribution in [-0.4, -0.2) is 28.8 Å². The summed E-state index contributed by atoms with van der Waals surface area (Å²) in [6.07, 6.45) is 1.44. The van der Waals surface area contributed by atoms with Crippen LogP contribution in [0.1, 0.15) is 24.2 Å². The number of halogens is 1. The van der Waals surface area contributed by atoms with Crippen molar-refractivity contribution in [1.82, 2.24) is 19.1 Å². The highest BCUT2D eigenvalue weighted by Crippen LogP contribution is 2.19. The minimum Gasteiger partial charge on any atom is -0.279 e. The fourth-order valence-electron chi connectivity index (χ4n) is 2.92. The summed E-state index contributed by atoms with van der Waals surface area (Å²) in [5.74, 6) is -0.122. The van der Waals surface area contributed by atoms with Gasteiger partial charge in [-0.2, -0.15) is 5.10 Å². The van der Waals surface area contributed by atoms with E-state index < -0.39 is 15.8 Å². The van der Waals surface area contributed by atoms with E-state index in [1.807, 2.05) is 0 Å². The molecule has 2 aromatic rings. The molecule has 0 aliphatic carbocycles. The Balaban J connectivity index is 1.78. The Bertz CT molecular complexity index is 933. The zero-order valence-electron chi connectivity index (χ0n) is 13.5. The number of sulfonamides is 1. The van der Waals surface area contributed by atoms with Crippen LogP contribution in [0.4, 0.5) is 4.39 Å². The maximum absolute atomic E-state index is 14.0. The molecule has 1 unspecified atom stereocenters. The maximum Gasteiger partial charge on any atom is 0.345 e. The molecule has 9 heteroatoms. The summed E-state index contributed by atoms with van der Waals surface area (Å²) < 4.78 is 44.2. The Labute approximate surface area is 139 Å². The fraction of sp³-hybridized carbons (Fsp3) is 0.467. The van der Waals surface area contributed by atoms with Gasteiger partial charge in [0.25, 0.3) is 0 Å². The smallest absolute Gasteiger partial charge is 0.279 e. The van der Waals surface area contributed by atoms with Crippen molar-refractivity contribution in [3.8, 4) is 0 Å². The van der Waals surface area contributed by atoms with Crippen molar-refractivity contribution in [2.45, 2.75) is 43.7 Å². The molecule has 1 N–H and O–H groups in total. The molecule has 7 nitrogen and oxygen atoms in total. The van der Waals surface area contributed by atoms with Gasteiger partial charge in [0.05, 0.1) is 0 Å². The molecule has 1 aliphatic rings. The number of rotatable bonds is 3. The number of nitrogens with one attached hydrogen (secondary N) is 1. The van der Waals surface area contributed by atoms with Crippen LogP contribution in [0.15, 0.2) is 27.9 Å². The summed E-state index contributed by atoms with van der Waals surface area (Å²) in [4.78, 5) is 11.6. The summed E-state index contributed by atoms with van der Waals surface area (Å²) in [5.41, 5.74) is 0.445. The molecule has 0 saturated heterocycles. The van der Waals surface area contributed by atoms with Crippen molar-refractivity contribution in [2.75, 3.05) is 0 Å². The van der Waals surface area contributed by atoms with Gasteiger partial charge < -0.3 is 0 Å². The van der Waals surface area contributed by atoms with E-state index in [1.165, 1.54) is 16.8 Å². The minimum absolute atomic E-state index is 0.210. The molecule has 1 aliphatic heterocycles. The van der Waals surface area contributed by atoms with E-state index in [2.05, 4.69) is 9.82 Å². The van der Waals surface area contributed by atoms with Gasteiger partial charge in [-0.3, -0.25) is 4.57 Å². The summed E-state index contributed by atoms with van der Waals surface area (Å²) in [7, 11) is -2.36. The Morgan fingerprint density at radius 2 is 2.08 bits per heavy atom. The Hall–Kier alpha value is -2.00. The van der Waals surface area contributed by atoms with E-state index in [-0.39, 0.29) is 16.6 Å². The summed E-state index contributed by atoms with van der Waals surface area (Å²) in [6, 6.07) is 3.65. The van der Waals surface area contributed by atoms with Gasteiger partial charge in [-0.25, -0.2) is 27.0 Å². The average Bonchev–Trinajstić information content (AvgIpc) is 2.65. The highest BCUT2D eigenvalue weighted by molar-refractivity contribution is 7.89. The third-order valence-electron chi connectivity index (χ3n) is 4.20. The first-order chi connectivity index (χ1) is 11.3. The van der Waals surface area contributed by atoms with E-state index in [9.17, 15) is 17.6 Å². The third kappa shape index (κ3) is 3.13. The van der Waals surface area contributed by atoms with E-state index in [4.69, 9.17) is 0 Å². The third-order valence-corrected chi connectivity index (χ3v) is 5.75. The van der Waals surface area contributed by atoms with Crippen molar-refractivity contribution in [1.29, 1.82) is 0 Å². The lowest BCUT2D eigenvalue weighted by Crippen LogP contribution is -2.36. The Morgan fingerprint density at radius 1 is 1.33 bits per heavy atom. The Morgan fingerprint density at radius 3 is 2.79 bits per heavy atom. The van der Waals surface area contributed by atoms with Crippen LogP contribution in [0, 0.1) is 12.7 Å².